The lowest BCUT2D eigenvalue weighted by Crippen LogP contribution is -2.58. The van der Waals surface area contributed by atoms with Crippen LogP contribution in [-0.4, -0.2) is 23.2 Å². The highest BCUT2D eigenvalue weighted by atomic mass is 16.3. The molecule has 3 nitrogen and oxygen atoms in total. The Bertz CT molecular complexity index is 415. The van der Waals surface area contributed by atoms with Gasteiger partial charge in [-0.1, -0.05) is 20.3 Å². The Morgan fingerprint density at radius 3 is 2.43 bits per heavy atom. The predicted molar refractivity (Wildman–Crippen MR) is 83.8 cm³/mol. The summed E-state index contributed by atoms with van der Waals surface area (Å²) in [6.07, 6.45) is 8.91. The fraction of sp³-hybridized carbons (Fsp3) is 0.944. The van der Waals surface area contributed by atoms with E-state index in [0.717, 1.165) is 43.9 Å². The molecule has 0 aromatic rings. The topological polar surface area (TPSA) is 49.3 Å². The molecule has 0 heterocycles. The van der Waals surface area contributed by atoms with Gasteiger partial charge in [0.1, 0.15) is 0 Å². The van der Waals surface area contributed by atoms with Gasteiger partial charge in [-0.15, -0.1) is 0 Å². The molecular formula is C18H31NO2. The van der Waals surface area contributed by atoms with Crippen molar-refractivity contribution in [3.63, 3.8) is 0 Å². The number of aliphatic hydroxyl groups is 1. The van der Waals surface area contributed by atoms with E-state index in [4.69, 9.17) is 0 Å². The van der Waals surface area contributed by atoms with Crippen molar-refractivity contribution < 1.29 is 9.90 Å². The van der Waals surface area contributed by atoms with Gasteiger partial charge in [0.2, 0.25) is 5.91 Å². The molecule has 0 aromatic heterocycles. The zero-order valence-corrected chi connectivity index (χ0v) is 13.9. The number of nitrogens with one attached hydrogen (secondary N) is 1. The average Bonchev–Trinajstić information content (AvgIpc) is 2.32. The monoisotopic (exact) mass is 293 g/mol. The Morgan fingerprint density at radius 2 is 1.90 bits per heavy atom. The molecule has 0 radical (unpaired) electrons. The van der Waals surface area contributed by atoms with E-state index in [2.05, 4.69) is 19.2 Å². The van der Waals surface area contributed by atoms with Crippen molar-refractivity contribution in [2.45, 2.75) is 77.7 Å². The molecule has 1 amide bonds. The van der Waals surface area contributed by atoms with Crippen LogP contribution in [0.2, 0.25) is 0 Å². The Labute approximate surface area is 128 Å². The summed E-state index contributed by atoms with van der Waals surface area (Å²) in [6.45, 7) is 6.68. The molecule has 120 valence electrons. The van der Waals surface area contributed by atoms with E-state index in [1.807, 2.05) is 6.92 Å². The van der Waals surface area contributed by atoms with Crippen LogP contribution >= 0.6 is 0 Å². The standard InChI is InChI=1S/C18H31NO2/c1-4-5-17(3,21)12-19-15(20)18-9-13-6-14(10-18)8-16(2,7-13)11-18/h13-14,21H,4-12H2,1-3H3,(H,19,20). The summed E-state index contributed by atoms with van der Waals surface area (Å²) in [4.78, 5) is 12.9. The van der Waals surface area contributed by atoms with Crippen molar-refractivity contribution in [3.05, 3.63) is 0 Å². The van der Waals surface area contributed by atoms with Crippen LogP contribution in [0.5, 0.6) is 0 Å². The van der Waals surface area contributed by atoms with Crippen molar-refractivity contribution in [1.29, 1.82) is 0 Å². The maximum atomic E-state index is 12.9. The first-order chi connectivity index (χ1) is 9.76. The van der Waals surface area contributed by atoms with E-state index in [1.54, 1.807) is 0 Å². The van der Waals surface area contributed by atoms with Gasteiger partial charge in [-0.3, -0.25) is 4.79 Å². The maximum absolute atomic E-state index is 12.9. The van der Waals surface area contributed by atoms with Crippen molar-refractivity contribution in [2.75, 3.05) is 6.54 Å². The van der Waals surface area contributed by atoms with Gasteiger partial charge < -0.3 is 10.4 Å². The van der Waals surface area contributed by atoms with Crippen molar-refractivity contribution >= 4 is 5.91 Å². The molecule has 4 rings (SSSR count). The third-order valence-electron chi connectivity index (χ3n) is 6.25. The van der Waals surface area contributed by atoms with E-state index < -0.39 is 5.60 Å². The maximum Gasteiger partial charge on any atom is 0.226 e. The molecule has 4 fully saturated rings. The predicted octanol–water partition coefficient (Wildman–Crippen LogP) is 3.26. The lowest BCUT2D eigenvalue weighted by Gasteiger charge is -2.60. The normalized spacial score (nSPS) is 43.6. The molecule has 2 N–H and O–H groups in total. The molecule has 4 saturated carbocycles. The molecule has 0 aromatic carbocycles. The van der Waals surface area contributed by atoms with Crippen LogP contribution in [0.15, 0.2) is 0 Å². The summed E-state index contributed by atoms with van der Waals surface area (Å²) < 4.78 is 0. The molecule has 0 aliphatic heterocycles. The van der Waals surface area contributed by atoms with Gasteiger partial charge in [-0.25, -0.2) is 0 Å². The third kappa shape index (κ3) is 2.86. The number of rotatable bonds is 5. The van der Waals surface area contributed by atoms with Gasteiger partial charge in [0.25, 0.3) is 0 Å². The molecule has 3 atom stereocenters. The summed E-state index contributed by atoms with van der Waals surface area (Å²) >= 11 is 0. The van der Waals surface area contributed by atoms with E-state index in [9.17, 15) is 9.90 Å². The summed E-state index contributed by atoms with van der Waals surface area (Å²) in [5, 5.41) is 13.4. The molecule has 0 saturated heterocycles. The zero-order valence-electron chi connectivity index (χ0n) is 13.9. The minimum atomic E-state index is -0.767. The van der Waals surface area contributed by atoms with Crippen LogP contribution in [0.25, 0.3) is 0 Å². The minimum Gasteiger partial charge on any atom is -0.388 e. The van der Waals surface area contributed by atoms with Gasteiger partial charge in [-0.05, 0) is 69.1 Å². The molecule has 0 spiro atoms. The van der Waals surface area contributed by atoms with E-state index in [1.165, 1.54) is 19.3 Å². The zero-order chi connectivity index (χ0) is 15.3. The molecule has 4 aliphatic rings. The third-order valence-corrected chi connectivity index (χ3v) is 6.25. The number of hydrogen-bond donors (Lipinski definition) is 2. The van der Waals surface area contributed by atoms with Crippen molar-refractivity contribution in [3.8, 4) is 0 Å². The summed E-state index contributed by atoms with van der Waals surface area (Å²) in [6, 6.07) is 0. The fourth-order valence-electron chi connectivity index (χ4n) is 6.07. The Morgan fingerprint density at radius 1 is 1.29 bits per heavy atom. The number of hydrogen-bond acceptors (Lipinski definition) is 2. The van der Waals surface area contributed by atoms with Gasteiger partial charge in [0.05, 0.1) is 11.0 Å². The van der Waals surface area contributed by atoms with Crippen molar-refractivity contribution in [1.82, 2.24) is 5.32 Å². The van der Waals surface area contributed by atoms with Crippen LogP contribution in [0.3, 0.4) is 0 Å². The summed E-state index contributed by atoms with van der Waals surface area (Å²) in [7, 11) is 0. The summed E-state index contributed by atoms with van der Waals surface area (Å²) in [5.41, 5.74) is -0.495. The van der Waals surface area contributed by atoms with Gasteiger partial charge in [-0.2, -0.15) is 0 Å². The Hall–Kier alpha value is -0.570. The lowest BCUT2D eigenvalue weighted by atomic mass is 9.44. The SMILES string of the molecule is CCCC(C)(O)CNC(=O)C12CC3CC(CC(C)(C3)C1)C2. The molecule has 21 heavy (non-hydrogen) atoms. The highest BCUT2D eigenvalue weighted by Crippen LogP contribution is 2.65. The number of carbonyl (C=O) groups excluding carboxylic acids is 1. The first-order valence-corrected chi connectivity index (χ1v) is 8.77. The highest BCUT2D eigenvalue weighted by molar-refractivity contribution is 5.83. The average molecular weight is 293 g/mol. The van der Waals surface area contributed by atoms with Gasteiger partial charge in [0, 0.05) is 6.54 Å². The first kappa shape index (κ1) is 15.3. The second kappa shape index (κ2) is 4.97. The second-order valence-corrected chi connectivity index (χ2v) is 8.98. The van der Waals surface area contributed by atoms with Crippen LogP contribution in [0, 0.1) is 22.7 Å². The number of carbonyl (C=O) groups is 1. The fourth-order valence-corrected chi connectivity index (χ4v) is 6.07. The smallest absolute Gasteiger partial charge is 0.226 e. The van der Waals surface area contributed by atoms with Crippen LogP contribution in [0.4, 0.5) is 0 Å². The number of amides is 1. The van der Waals surface area contributed by atoms with Crippen LogP contribution < -0.4 is 5.32 Å². The largest absolute Gasteiger partial charge is 0.388 e. The molecule has 3 unspecified atom stereocenters. The van der Waals surface area contributed by atoms with Crippen molar-refractivity contribution in [2.24, 2.45) is 22.7 Å². The molecular weight excluding hydrogens is 262 g/mol. The van der Waals surface area contributed by atoms with Gasteiger partial charge in [0.15, 0.2) is 0 Å². The minimum absolute atomic E-state index is 0.124. The molecule has 3 heteroatoms. The Kier molecular flexibility index (Phi) is 3.63. The van der Waals surface area contributed by atoms with Crippen LogP contribution in [-0.2, 0) is 4.79 Å². The molecule has 4 aliphatic carbocycles. The first-order valence-electron chi connectivity index (χ1n) is 8.77. The van der Waals surface area contributed by atoms with E-state index in [0.29, 0.717) is 12.0 Å². The lowest BCUT2D eigenvalue weighted by molar-refractivity contribution is -0.156. The van der Waals surface area contributed by atoms with E-state index in [-0.39, 0.29) is 11.3 Å². The second-order valence-electron chi connectivity index (χ2n) is 8.98. The molecule has 4 bridgehead atoms. The Balaban J connectivity index is 1.67. The van der Waals surface area contributed by atoms with E-state index >= 15 is 0 Å². The highest BCUT2D eigenvalue weighted by Gasteiger charge is 2.58. The summed E-state index contributed by atoms with van der Waals surface area (Å²) in [5.74, 6) is 1.75. The quantitative estimate of drug-likeness (QED) is 0.817. The van der Waals surface area contributed by atoms with Crippen LogP contribution in [0.1, 0.15) is 72.1 Å². The van der Waals surface area contributed by atoms with Gasteiger partial charge >= 0.3 is 0 Å².